The van der Waals surface area contributed by atoms with Crippen LogP contribution < -0.4 is 10.6 Å². The zero-order valence-electron chi connectivity index (χ0n) is 10.5. The first-order chi connectivity index (χ1) is 8.69. The molecule has 18 heavy (non-hydrogen) atoms. The average molecular weight is 258 g/mol. The minimum Gasteiger partial charge on any atom is -0.395 e. The van der Waals surface area contributed by atoms with Crippen molar-refractivity contribution < 1.29 is 19.8 Å². The van der Waals surface area contributed by atoms with Gasteiger partial charge in [0.15, 0.2) is 0 Å². The molecule has 1 saturated carbocycles. The summed E-state index contributed by atoms with van der Waals surface area (Å²) >= 11 is 0. The van der Waals surface area contributed by atoms with Crippen LogP contribution in [-0.2, 0) is 9.59 Å². The number of aliphatic hydroxyl groups is 2. The van der Waals surface area contributed by atoms with Gasteiger partial charge >= 0.3 is 0 Å². The number of hydrogen-bond acceptors (Lipinski definition) is 4. The summed E-state index contributed by atoms with van der Waals surface area (Å²) in [4.78, 5) is 23.5. The van der Waals surface area contributed by atoms with E-state index in [1.165, 1.54) is 0 Å². The topological polar surface area (TPSA) is 98.7 Å². The maximum Gasteiger partial charge on any atom is 0.223 e. The summed E-state index contributed by atoms with van der Waals surface area (Å²) in [7, 11) is 0. The predicted octanol–water partition coefficient (Wildman–Crippen LogP) is -0.990. The van der Waals surface area contributed by atoms with E-state index >= 15 is 0 Å². The highest BCUT2D eigenvalue weighted by Crippen LogP contribution is 2.29. The Morgan fingerprint density at radius 3 is 1.78 bits per heavy atom. The number of nitrogens with one attached hydrogen (secondary N) is 2. The third-order valence-electron chi connectivity index (χ3n) is 3.24. The van der Waals surface area contributed by atoms with Crippen LogP contribution in [0.4, 0.5) is 0 Å². The quantitative estimate of drug-likeness (QED) is 0.491. The number of aliphatic hydroxyl groups excluding tert-OH is 2. The molecule has 1 aliphatic carbocycles. The highest BCUT2D eigenvalue weighted by atomic mass is 16.3. The maximum absolute atomic E-state index is 11.7. The lowest BCUT2D eigenvalue weighted by Gasteiger charge is -2.27. The Morgan fingerprint density at radius 2 is 1.39 bits per heavy atom. The molecule has 1 rings (SSSR count). The molecule has 0 saturated heterocycles. The Labute approximate surface area is 107 Å². The maximum atomic E-state index is 11.7. The number of amides is 2. The summed E-state index contributed by atoms with van der Waals surface area (Å²) in [6, 6.07) is 0. The van der Waals surface area contributed by atoms with Crippen LogP contribution in [0.25, 0.3) is 0 Å². The second-order valence-corrected chi connectivity index (χ2v) is 4.59. The van der Waals surface area contributed by atoms with Gasteiger partial charge in [0.25, 0.3) is 0 Å². The van der Waals surface area contributed by atoms with Crippen molar-refractivity contribution in [2.75, 3.05) is 26.3 Å². The molecule has 0 bridgehead atoms. The number of rotatable bonds is 6. The van der Waals surface area contributed by atoms with E-state index in [4.69, 9.17) is 10.2 Å². The Hall–Kier alpha value is -1.14. The summed E-state index contributed by atoms with van der Waals surface area (Å²) in [6.45, 7) is 0.380. The Balaban J connectivity index is 2.40. The first-order valence-electron chi connectivity index (χ1n) is 6.46. The molecule has 0 aromatic rings. The minimum absolute atomic E-state index is 0.0706. The summed E-state index contributed by atoms with van der Waals surface area (Å²) < 4.78 is 0. The van der Waals surface area contributed by atoms with Gasteiger partial charge in [0.05, 0.1) is 13.2 Å². The summed E-state index contributed by atoms with van der Waals surface area (Å²) in [5, 5.41) is 22.6. The van der Waals surface area contributed by atoms with Crippen molar-refractivity contribution in [2.45, 2.75) is 25.7 Å². The molecule has 2 atom stereocenters. The number of carbonyl (C=O) groups excluding carboxylic acids is 2. The van der Waals surface area contributed by atoms with Gasteiger partial charge in [-0.15, -0.1) is 0 Å². The van der Waals surface area contributed by atoms with E-state index < -0.39 is 0 Å². The normalized spacial score (nSPS) is 23.4. The predicted molar refractivity (Wildman–Crippen MR) is 65.6 cm³/mol. The van der Waals surface area contributed by atoms with Crippen molar-refractivity contribution in [3.05, 3.63) is 0 Å². The highest BCUT2D eigenvalue weighted by molar-refractivity contribution is 5.82. The van der Waals surface area contributed by atoms with Gasteiger partial charge in [0.2, 0.25) is 11.8 Å². The van der Waals surface area contributed by atoms with E-state index in [0.29, 0.717) is 6.42 Å². The molecule has 0 heterocycles. The molecule has 1 aliphatic rings. The van der Waals surface area contributed by atoms with Crippen molar-refractivity contribution in [1.82, 2.24) is 10.6 Å². The van der Waals surface area contributed by atoms with E-state index in [-0.39, 0.29) is 50.0 Å². The van der Waals surface area contributed by atoms with Gasteiger partial charge in [-0.3, -0.25) is 9.59 Å². The SMILES string of the molecule is O=C(NCCO)C1CCCC(C(=O)NCCO)C1. The summed E-state index contributed by atoms with van der Waals surface area (Å²) in [5.74, 6) is -0.447. The van der Waals surface area contributed by atoms with Crippen LogP contribution in [0.3, 0.4) is 0 Å². The van der Waals surface area contributed by atoms with E-state index in [1.807, 2.05) is 0 Å². The molecule has 0 radical (unpaired) electrons. The van der Waals surface area contributed by atoms with E-state index in [2.05, 4.69) is 10.6 Å². The molecule has 6 nitrogen and oxygen atoms in total. The van der Waals surface area contributed by atoms with Crippen LogP contribution in [0.2, 0.25) is 0 Å². The van der Waals surface area contributed by atoms with Crippen LogP contribution in [-0.4, -0.2) is 48.3 Å². The third-order valence-corrected chi connectivity index (χ3v) is 3.24. The fraction of sp³-hybridized carbons (Fsp3) is 0.833. The fourth-order valence-electron chi connectivity index (χ4n) is 2.31. The van der Waals surface area contributed by atoms with E-state index in [0.717, 1.165) is 19.3 Å². The van der Waals surface area contributed by atoms with Crippen molar-refractivity contribution >= 4 is 11.8 Å². The fourth-order valence-corrected chi connectivity index (χ4v) is 2.31. The molecule has 2 amide bonds. The zero-order chi connectivity index (χ0) is 13.4. The number of carbonyl (C=O) groups is 2. The molecule has 1 fully saturated rings. The molecule has 0 aromatic heterocycles. The van der Waals surface area contributed by atoms with Gasteiger partial charge in [0, 0.05) is 24.9 Å². The second kappa shape index (κ2) is 8.05. The lowest BCUT2D eigenvalue weighted by Crippen LogP contribution is -2.40. The standard InChI is InChI=1S/C12H22N2O4/c15-6-4-13-11(17)9-2-1-3-10(8-9)12(18)14-5-7-16/h9-10,15-16H,1-8H2,(H,13,17)(H,14,18). The Bertz CT molecular complexity index is 257. The first kappa shape index (κ1) is 14.9. The average Bonchev–Trinajstić information content (AvgIpc) is 2.42. The van der Waals surface area contributed by atoms with Crippen LogP contribution in [0, 0.1) is 11.8 Å². The largest absolute Gasteiger partial charge is 0.395 e. The second-order valence-electron chi connectivity index (χ2n) is 4.59. The van der Waals surface area contributed by atoms with Gasteiger partial charge < -0.3 is 20.8 Å². The molecule has 2 unspecified atom stereocenters. The lowest BCUT2D eigenvalue weighted by atomic mass is 9.80. The molecular formula is C12H22N2O4. The van der Waals surface area contributed by atoms with Gasteiger partial charge in [-0.05, 0) is 19.3 Å². The molecular weight excluding hydrogens is 236 g/mol. The van der Waals surface area contributed by atoms with E-state index in [1.54, 1.807) is 0 Å². The van der Waals surface area contributed by atoms with Crippen LogP contribution in [0.15, 0.2) is 0 Å². The zero-order valence-corrected chi connectivity index (χ0v) is 10.5. The lowest BCUT2D eigenvalue weighted by molar-refractivity contribution is -0.130. The first-order valence-corrected chi connectivity index (χ1v) is 6.46. The van der Waals surface area contributed by atoms with Crippen molar-refractivity contribution in [3.8, 4) is 0 Å². The molecule has 4 N–H and O–H groups in total. The molecule has 6 heteroatoms. The van der Waals surface area contributed by atoms with Crippen LogP contribution >= 0.6 is 0 Å². The minimum atomic E-state index is -0.143. The molecule has 104 valence electrons. The molecule has 0 aliphatic heterocycles. The van der Waals surface area contributed by atoms with Gasteiger partial charge in [-0.25, -0.2) is 0 Å². The van der Waals surface area contributed by atoms with Crippen LogP contribution in [0.5, 0.6) is 0 Å². The molecule has 0 spiro atoms. The van der Waals surface area contributed by atoms with Gasteiger partial charge in [0.1, 0.15) is 0 Å². The van der Waals surface area contributed by atoms with Crippen molar-refractivity contribution in [3.63, 3.8) is 0 Å². The highest BCUT2D eigenvalue weighted by Gasteiger charge is 2.30. The van der Waals surface area contributed by atoms with Crippen LogP contribution in [0.1, 0.15) is 25.7 Å². The van der Waals surface area contributed by atoms with Gasteiger partial charge in [-0.1, -0.05) is 6.42 Å². The summed E-state index contributed by atoms with van der Waals surface area (Å²) in [6.07, 6.45) is 2.99. The van der Waals surface area contributed by atoms with E-state index in [9.17, 15) is 9.59 Å². The smallest absolute Gasteiger partial charge is 0.223 e. The number of hydrogen-bond donors (Lipinski definition) is 4. The summed E-state index contributed by atoms with van der Waals surface area (Å²) in [5.41, 5.74) is 0. The van der Waals surface area contributed by atoms with Gasteiger partial charge in [-0.2, -0.15) is 0 Å². The molecule has 0 aromatic carbocycles. The Kier molecular flexibility index (Phi) is 6.67. The Morgan fingerprint density at radius 1 is 0.944 bits per heavy atom. The third kappa shape index (κ3) is 4.62. The monoisotopic (exact) mass is 258 g/mol. The van der Waals surface area contributed by atoms with Crippen molar-refractivity contribution in [1.29, 1.82) is 0 Å². The van der Waals surface area contributed by atoms with Crippen molar-refractivity contribution in [2.24, 2.45) is 11.8 Å².